The number of methoxy groups -OCH3 is 2. The van der Waals surface area contributed by atoms with Gasteiger partial charge in [-0.2, -0.15) is 0 Å². The Morgan fingerprint density at radius 3 is 2.35 bits per heavy atom. The largest absolute Gasteiger partial charge is 0.383 e. The fourth-order valence-corrected chi connectivity index (χ4v) is 2.34. The van der Waals surface area contributed by atoms with Crippen molar-refractivity contribution in [3.8, 4) is 0 Å². The van der Waals surface area contributed by atoms with Gasteiger partial charge in [-0.05, 0) is 38.8 Å². The average Bonchev–Trinajstić information content (AvgIpc) is 2.85. The Kier molecular flexibility index (Phi) is 8.61. The van der Waals surface area contributed by atoms with Gasteiger partial charge < -0.3 is 14.8 Å². The van der Waals surface area contributed by atoms with Crippen molar-refractivity contribution in [2.24, 2.45) is 0 Å². The lowest BCUT2D eigenvalue weighted by atomic mass is 10.1. The highest BCUT2D eigenvalue weighted by Crippen LogP contribution is 2.11. The van der Waals surface area contributed by atoms with E-state index in [4.69, 9.17) is 9.47 Å². The number of nitrogens with one attached hydrogen (secondary N) is 1. The van der Waals surface area contributed by atoms with E-state index in [1.165, 1.54) is 32.2 Å². The molecule has 1 heterocycles. The Labute approximate surface area is 106 Å². The molecular weight excluding hydrogens is 216 g/mol. The Hall–Kier alpha value is -0.160. The van der Waals surface area contributed by atoms with E-state index >= 15 is 0 Å². The Morgan fingerprint density at radius 2 is 1.82 bits per heavy atom. The molecule has 0 amide bonds. The van der Waals surface area contributed by atoms with E-state index in [1.807, 2.05) is 0 Å². The molecule has 1 saturated heterocycles. The fourth-order valence-electron chi connectivity index (χ4n) is 2.34. The van der Waals surface area contributed by atoms with Crippen molar-refractivity contribution >= 4 is 0 Å². The first kappa shape index (κ1) is 14.9. The molecular formula is C13H28N2O2. The summed E-state index contributed by atoms with van der Waals surface area (Å²) in [7, 11) is 3.52. The highest BCUT2D eigenvalue weighted by atomic mass is 16.5. The van der Waals surface area contributed by atoms with Crippen molar-refractivity contribution in [1.29, 1.82) is 0 Å². The van der Waals surface area contributed by atoms with Crippen LogP contribution in [-0.4, -0.2) is 64.6 Å². The van der Waals surface area contributed by atoms with E-state index in [0.29, 0.717) is 0 Å². The van der Waals surface area contributed by atoms with E-state index < -0.39 is 0 Å². The molecule has 1 atom stereocenters. The first-order valence-corrected chi connectivity index (χ1v) is 6.80. The van der Waals surface area contributed by atoms with Crippen LogP contribution in [0.1, 0.15) is 25.7 Å². The zero-order chi connectivity index (χ0) is 12.3. The molecule has 0 bridgehead atoms. The molecule has 1 unspecified atom stereocenters. The summed E-state index contributed by atoms with van der Waals surface area (Å²) in [5, 5.41) is 3.55. The molecule has 102 valence electrons. The van der Waals surface area contributed by atoms with Crippen LogP contribution >= 0.6 is 0 Å². The van der Waals surface area contributed by atoms with Gasteiger partial charge in [0, 0.05) is 33.4 Å². The summed E-state index contributed by atoms with van der Waals surface area (Å²) in [6.45, 7) is 6.01. The Balaban J connectivity index is 2.08. The van der Waals surface area contributed by atoms with E-state index in [0.717, 1.165) is 38.9 Å². The van der Waals surface area contributed by atoms with E-state index in [2.05, 4.69) is 10.2 Å². The lowest BCUT2D eigenvalue weighted by molar-refractivity contribution is 0.112. The van der Waals surface area contributed by atoms with Crippen LogP contribution in [0.4, 0.5) is 0 Å². The summed E-state index contributed by atoms with van der Waals surface area (Å²) >= 11 is 0. The summed E-state index contributed by atoms with van der Waals surface area (Å²) in [5.41, 5.74) is 0. The highest BCUT2D eigenvalue weighted by Gasteiger charge is 2.13. The quantitative estimate of drug-likeness (QED) is 0.624. The molecule has 0 aliphatic carbocycles. The van der Waals surface area contributed by atoms with Crippen LogP contribution in [0.2, 0.25) is 0 Å². The van der Waals surface area contributed by atoms with Crippen LogP contribution in [0.5, 0.6) is 0 Å². The zero-order valence-corrected chi connectivity index (χ0v) is 11.4. The minimum atomic E-state index is 0.765. The third-order valence-corrected chi connectivity index (χ3v) is 3.41. The molecule has 4 nitrogen and oxygen atoms in total. The van der Waals surface area contributed by atoms with Crippen molar-refractivity contribution in [2.45, 2.75) is 31.7 Å². The van der Waals surface area contributed by atoms with Crippen LogP contribution in [-0.2, 0) is 9.47 Å². The van der Waals surface area contributed by atoms with Crippen molar-refractivity contribution in [1.82, 2.24) is 10.2 Å². The van der Waals surface area contributed by atoms with Gasteiger partial charge in [-0.15, -0.1) is 0 Å². The Bertz CT molecular complexity index is 165. The molecule has 1 N–H and O–H groups in total. The molecule has 1 fully saturated rings. The van der Waals surface area contributed by atoms with Crippen molar-refractivity contribution < 1.29 is 9.47 Å². The predicted molar refractivity (Wildman–Crippen MR) is 70.5 cm³/mol. The van der Waals surface area contributed by atoms with Crippen molar-refractivity contribution in [3.63, 3.8) is 0 Å². The third-order valence-electron chi connectivity index (χ3n) is 3.41. The van der Waals surface area contributed by atoms with Gasteiger partial charge in [-0.25, -0.2) is 0 Å². The van der Waals surface area contributed by atoms with Gasteiger partial charge in [0.05, 0.1) is 13.2 Å². The van der Waals surface area contributed by atoms with E-state index in [1.54, 1.807) is 14.2 Å². The minimum absolute atomic E-state index is 0.765. The normalized spacial score (nSPS) is 20.3. The number of hydrogen-bond donors (Lipinski definition) is 1. The first-order valence-electron chi connectivity index (χ1n) is 6.80. The van der Waals surface area contributed by atoms with Gasteiger partial charge in [-0.3, -0.25) is 4.90 Å². The summed E-state index contributed by atoms with van der Waals surface area (Å²) in [6.07, 6.45) is 5.28. The number of nitrogens with zero attached hydrogens (tertiary/aromatic N) is 1. The second kappa shape index (κ2) is 9.83. The van der Waals surface area contributed by atoms with Crippen LogP contribution in [0.15, 0.2) is 0 Å². The van der Waals surface area contributed by atoms with Crippen LogP contribution < -0.4 is 5.32 Å². The average molecular weight is 244 g/mol. The molecule has 1 rings (SSSR count). The van der Waals surface area contributed by atoms with Gasteiger partial charge in [0.2, 0.25) is 0 Å². The number of ether oxygens (including phenoxy) is 2. The second-order valence-electron chi connectivity index (χ2n) is 4.76. The molecule has 0 radical (unpaired) electrons. The van der Waals surface area contributed by atoms with Gasteiger partial charge in [-0.1, -0.05) is 0 Å². The lowest BCUT2D eigenvalue weighted by Gasteiger charge is -2.22. The second-order valence-corrected chi connectivity index (χ2v) is 4.76. The molecule has 17 heavy (non-hydrogen) atoms. The van der Waals surface area contributed by atoms with Crippen LogP contribution in [0, 0.1) is 0 Å². The maximum absolute atomic E-state index is 5.14. The third kappa shape index (κ3) is 6.99. The van der Waals surface area contributed by atoms with Gasteiger partial charge >= 0.3 is 0 Å². The lowest BCUT2D eigenvalue weighted by Crippen LogP contribution is -2.32. The van der Waals surface area contributed by atoms with Crippen molar-refractivity contribution in [3.05, 3.63) is 0 Å². The van der Waals surface area contributed by atoms with Crippen LogP contribution in [0.25, 0.3) is 0 Å². The summed E-state index contributed by atoms with van der Waals surface area (Å²) in [5.74, 6) is 0. The smallest absolute Gasteiger partial charge is 0.0589 e. The molecule has 0 aromatic carbocycles. The topological polar surface area (TPSA) is 33.7 Å². The summed E-state index contributed by atoms with van der Waals surface area (Å²) < 4.78 is 10.3. The maximum Gasteiger partial charge on any atom is 0.0589 e. The van der Waals surface area contributed by atoms with Crippen molar-refractivity contribution in [2.75, 3.05) is 53.6 Å². The van der Waals surface area contributed by atoms with Gasteiger partial charge in [0.15, 0.2) is 0 Å². The molecule has 0 aromatic heterocycles. The molecule has 4 heteroatoms. The standard InChI is InChI=1S/C13H28N2O2/c1-16-11-9-15(10-12-17-2)8-4-6-13-5-3-7-14-13/h13-14H,3-12H2,1-2H3. The summed E-state index contributed by atoms with van der Waals surface area (Å²) in [6, 6.07) is 0.765. The fraction of sp³-hybridized carbons (Fsp3) is 1.00. The Morgan fingerprint density at radius 1 is 1.12 bits per heavy atom. The van der Waals surface area contributed by atoms with Gasteiger partial charge in [0.1, 0.15) is 0 Å². The highest BCUT2D eigenvalue weighted by molar-refractivity contribution is 4.74. The summed E-state index contributed by atoms with van der Waals surface area (Å²) in [4.78, 5) is 2.43. The number of rotatable bonds is 10. The maximum atomic E-state index is 5.14. The SMILES string of the molecule is COCCN(CCCC1CCCN1)CCOC. The van der Waals surface area contributed by atoms with E-state index in [9.17, 15) is 0 Å². The molecule has 0 aromatic rings. The first-order chi connectivity index (χ1) is 8.36. The number of hydrogen-bond acceptors (Lipinski definition) is 4. The molecule has 1 aliphatic rings. The van der Waals surface area contributed by atoms with Crippen LogP contribution in [0.3, 0.4) is 0 Å². The molecule has 1 aliphatic heterocycles. The van der Waals surface area contributed by atoms with Gasteiger partial charge in [0.25, 0.3) is 0 Å². The monoisotopic (exact) mass is 244 g/mol. The zero-order valence-electron chi connectivity index (χ0n) is 11.4. The minimum Gasteiger partial charge on any atom is -0.383 e. The molecule has 0 spiro atoms. The predicted octanol–water partition coefficient (Wildman–Crippen LogP) is 1.11. The van der Waals surface area contributed by atoms with E-state index in [-0.39, 0.29) is 0 Å². The molecule has 0 saturated carbocycles.